The summed E-state index contributed by atoms with van der Waals surface area (Å²) in [6, 6.07) is 10.1. The lowest BCUT2D eigenvalue weighted by molar-refractivity contribution is -0.133. The molecule has 1 amide bonds. The Hall–Kier alpha value is -2.24. The molecule has 2 aliphatic rings. The second-order valence-electron chi connectivity index (χ2n) is 7.62. The minimum absolute atomic E-state index is 0.00406. The van der Waals surface area contributed by atoms with Gasteiger partial charge in [0.15, 0.2) is 5.82 Å². The summed E-state index contributed by atoms with van der Waals surface area (Å²) in [5, 5.41) is 13.0. The summed E-state index contributed by atoms with van der Waals surface area (Å²) in [7, 11) is 0. The van der Waals surface area contributed by atoms with Crippen LogP contribution in [0.2, 0.25) is 0 Å². The first-order chi connectivity index (χ1) is 12.8. The molecule has 1 aromatic heterocycles. The van der Waals surface area contributed by atoms with Crippen molar-refractivity contribution in [1.82, 2.24) is 25.1 Å². The Bertz CT molecular complexity index is 723. The van der Waals surface area contributed by atoms with Crippen LogP contribution in [0.25, 0.3) is 0 Å². The minimum Gasteiger partial charge on any atom is -0.332 e. The number of amides is 1. The first-order valence-corrected chi connectivity index (χ1v) is 9.91. The standard InChI is InChI=1S/C20H27N5O/c26-19(14-16-8-3-1-4-9-16)24-13-7-12-18(24)20-21-23-25(22-20)15-17-10-5-2-6-11-17/h2,5-6,10-11,16,18H,1,3-4,7-9,12-15H2. The number of hydrogen-bond donors (Lipinski definition) is 0. The van der Waals surface area contributed by atoms with Crippen LogP contribution in [0, 0.1) is 5.92 Å². The van der Waals surface area contributed by atoms with Crippen LogP contribution in [-0.2, 0) is 11.3 Å². The Kier molecular flexibility index (Phi) is 5.27. The highest BCUT2D eigenvalue weighted by Crippen LogP contribution is 2.33. The predicted octanol–water partition coefficient (Wildman–Crippen LogP) is 3.36. The molecule has 1 saturated carbocycles. The van der Waals surface area contributed by atoms with Gasteiger partial charge < -0.3 is 4.90 Å². The molecule has 1 saturated heterocycles. The number of benzene rings is 1. The summed E-state index contributed by atoms with van der Waals surface area (Å²) in [4.78, 5) is 16.5. The normalized spacial score (nSPS) is 21.2. The Labute approximate surface area is 154 Å². The monoisotopic (exact) mass is 353 g/mol. The van der Waals surface area contributed by atoms with E-state index in [1.807, 2.05) is 23.1 Å². The highest BCUT2D eigenvalue weighted by atomic mass is 16.2. The van der Waals surface area contributed by atoms with Gasteiger partial charge in [-0.05, 0) is 42.4 Å². The predicted molar refractivity (Wildman–Crippen MR) is 98.2 cm³/mol. The lowest BCUT2D eigenvalue weighted by Crippen LogP contribution is -2.32. The van der Waals surface area contributed by atoms with Gasteiger partial charge in [-0.2, -0.15) is 4.80 Å². The summed E-state index contributed by atoms with van der Waals surface area (Å²) in [6.07, 6.45) is 8.93. The zero-order chi connectivity index (χ0) is 17.8. The molecule has 2 heterocycles. The second-order valence-corrected chi connectivity index (χ2v) is 7.62. The molecule has 138 valence electrons. The lowest BCUT2D eigenvalue weighted by atomic mass is 9.86. The molecule has 2 fully saturated rings. The number of carbonyl (C=O) groups is 1. The van der Waals surface area contributed by atoms with E-state index >= 15 is 0 Å². The number of likely N-dealkylation sites (tertiary alicyclic amines) is 1. The van der Waals surface area contributed by atoms with E-state index in [1.165, 1.54) is 32.1 Å². The van der Waals surface area contributed by atoms with Crippen LogP contribution < -0.4 is 0 Å². The average Bonchev–Trinajstić information content (AvgIpc) is 3.32. The van der Waals surface area contributed by atoms with Crippen LogP contribution in [0.15, 0.2) is 30.3 Å². The number of rotatable bonds is 5. The summed E-state index contributed by atoms with van der Waals surface area (Å²) in [5.41, 5.74) is 1.15. The molecule has 26 heavy (non-hydrogen) atoms. The fraction of sp³-hybridized carbons (Fsp3) is 0.600. The van der Waals surface area contributed by atoms with E-state index in [0.717, 1.165) is 24.9 Å². The fourth-order valence-electron chi connectivity index (χ4n) is 4.29. The maximum Gasteiger partial charge on any atom is 0.223 e. The van der Waals surface area contributed by atoms with E-state index < -0.39 is 0 Å². The van der Waals surface area contributed by atoms with Gasteiger partial charge >= 0.3 is 0 Å². The third kappa shape index (κ3) is 3.94. The van der Waals surface area contributed by atoms with Crippen molar-refractivity contribution in [3.63, 3.8) is 0 Å². The van der Waals surface area contributed by atoms with Gasteiger partial charge in [-0.3, -0.25) is 4.79 Å². The molecule has 1 aliphatic carbocycles. The van der Waals surface area contributed by atoms with Gasteiger partial charge in [-0.15, -0.1) is 10.2 Å². The van der Waals surface area contributed by atoms with E-state index in [0.29, 0.717) is 24.7 Å². The van der Waals surface area contributed by atoms with Gasteiger partial charge in [0.2, 0.25) is 5.91 Å². The molecule has 1 aliphatic heterocycles. The molecular weight excluding hydrogens is 326 g/mol. The van der Waals surface area contributed by atoms with Gasteiger partial charge in [-0.1, -0.05) is 49.6 Å². The van der Waals surface area contributed by atoms with Gasteiger partial charge in [0.1, 0.15) is 0 Å². The first kappa shape index (κ1) is 17.2. The third-order valence-corrected chi connectivity index (χ3v) is 5.69. The highest BCUT2D eigenvalue weighted by Gasteiger charge is 2.34. The molecule has 1 aromatic carbocycles. The van der Waals surface area contributed by atoms with E-state index in [4.69, 9.17) is 0 Å². The zero-order valence-electron chi connectivity index (χ0n) is 15.3. The van der Waals surface area contributed by atoms with Crippen molar-refractivity contribution in [2.75, 3.05) is 6.54 Å². The summed E-state index contributed by atoms with van der Waals surface area (Å²) < 4.78 is 0. The van der Waals surface area contributed by atoms with Crippen LogP contribution in [0.1, 0.15) is 68.8 Å². The fourth-order valence-corrected chi connectivity index (χ4v) is 4.29. The number of aromatic nitrogens is 4. The van der Waals surface area contributed by atoms with Gasteiger partial charge in [0.05, 0.1) is 12.6 Å². The maximum atomic E-state index is 12.8. The Balaban J connectivity index is 1.40. The van der Waals surface area contributed by atoms with E-state index in [2.05, 4.69) is 27.5 Å². The molecule has 2 aromatic rings. The lowest BCUT2D eigenvalue weighted by Gasteiger charge is -2.26. The Morgan fingerprint density at radius 1 is 1.04 bits per heavy atom. The topological polar surface area (TPSA) is 63.9 Å². The Morgan fingerprint density at radius 2 is 1.85 bits per heavy atom. The molecule has 4 rings (SSSR count). The quantitative estimate of drug-likeness (QED) is 0.827. The second kappa shape index (κ2) is 7.98. The smallest absolute Gasteiger partial charge is 0.223 e. The largest absolute Gasteiger partial charge is 0.332 e. The van der Waals surface area contributed by atoms with Crippen molar-refractivity contribution in [3.05, 3.63) is 41.7 Å². The molecule has 6 nitrogen and oxygen atoms in total. The summed E-state index contributed by atoms with van der Waals surface area (Å²) >= 11 is 0. The number of carbonyl (C=O) groups excluding carboxylic acids is 1. The third-order valence-electron chi connectivity index (χ3n) is 5.69. The van der Waals surface area contributed by atoms with Crippen molar-refractivity contribution in [3.8, 4) is 0 Å². The van der Waals surface area contributed by atoms with Gasteiger partial charge in [-0.25, -0.2) is 0 Å². The Morgan fingerprint density at radius 3 is 2.65 bits per heavy atom. The van der Waals surface area contributed by atoms with Crippen molar-refractivity contribution in [1.29, 1.82) is 0 Å². The highest BCUT2D eigenvalue weighted by molar-refractivity contribution is 5.77. The zero-order valence-corrected chi connectivity index (χ0v) is 15.3. The molecule has 1 unspecified atom stereocenters. The van der Waals surface area contributed by atoms with Crippen LogP contribution in [0.3, 0.4) is 0 Å². The maximum absolute atomic E-state index is 12.8. The van der Waals surface area contributed by atoms with E-state index in [9.17, 15) is 4.79 Å². The van der Waals surface area contributed by atoms with Crippen molar-refractivity contribution in [2.45, 2.75) is 64.0 Å². The van der Waals surface area contributed by atoms with Crippen LogP contribution in [0.5, 0.6) is 0 Å². The minimum atomic E-state index is -0.00406. The molecular formula is C20H27N5O. The molecule has 0 spiro atoms. The van der Waals surface area contributed by atoms with Crippen molar-refractivity contribution >= 4 is 5.91 Å². The van der Waals surface area contributed by atoms with Crippen LogP contribution in [-0.4, -0.2) is 37.6 Å². The van der Waals surface area contributed by atoms with E-state index in [-0.39, 0.29) is 11.9 Å². The van der Waals surface area contributed by atoms with Crippen molar-refractivity contribution < 1.29 is 4.79 Å². The summed E-state index contributed by atoms with van der Waals surface area (Å²) in [5.74, 6) is 1.54. The molecule has 0 radical (unpaired) electrons. The summed E-state index contributed by atoms with van der Waals surface area (Å²) in [6.45, 7) is 1.43. The molecule has 1 atom stereocenters. The first-order valence-electron chi connectivity index (χ1n) is 9.91. The number of hydrogen-bond acceptors (Lipinski definition) is 4. The SMILES string of the molecule is O=C(CC1CCCCC1)N1CCCC1c1nnn(Cc2ccccc2)n1. The molecule has 0 N–H and O–H groups in total. The average molecular weight is 353 g/mol. The van der Waals surface area contributed by atoms with Crippen LogP contribution >= 0.6 is 0 Å². The van der Waals surface area contributed by atoms with E-state index in [1.54, 1.807) is 4.80 Å². The molecule has 6 heteroatoms. The van der Waals surface area contributed by atoms with Gasteiger partial charge in [0, 0.05) is 13.0 Å². The van der Waals surface area contributed by atoms with Crippen molar-refractivity contribution in [2.24, 2.45) is 5.92 Å². The van der Waals surface area contributed by atoms with Gasteiger partial charge in [0.25, 0.3) is 0 Å². The van der Waals surface area contributed by atoms with Crippen LogP contribution in [0.4, 0.5) is 0 Å². The number of nitrogens with zero attached hydrogens (tertiary/aromatic N) is 5. The molecule has 0 bridgehead atoms. The number of tetrazole rings is 1.